The molecule has 0 radical (unpaired) electrons. The van der Waals surface area contributed by atoms with Crippen LogP contribution in [0.5, 0.6) is 5.75 Å². The average molecular weight is 452 g/mol. The van der Waals surface area contributed by atoms with Crippen molar-refractivity contribution in [1.82, 2.24) is 15.1 Å². The maximum atomic E-state index is 12.8. The second kappa shape index (κ2) is 8.65. The summed E-state index contributed by atoms with van der Waals surface area (Å²) < 4.78 is 5.33. The number of imide groups is 1. The molecule has 0 spiro atoms. The topological polar surface area (TPSA) is 96.0 Å². The van der Waals surface area contributed by atoms with Crippen LogP contribution in [0.15, 0.2) is 36.4 Å². The molecule has 8 heteroatoms. The fourth-order valence-electron chi connectivity index (χ4n) is 5.93. The van der Waals surface area contributed by atoms with Gasteiger partial charge in [0.05, 0.1) is 25.4 Å². The van der Waals surface area contributed by atoms with Gasteiger partial charge in [0.15, 0.2) is 0 Å². The zero-order valence-electron chi connectivity index (χ0n) is 18.7. The number of hydrogen-bond acceptors (Lipinski definition) is 5. The molecule has 4 aliphatic rings. The summed E-state index contributed by atoms with van der Waals surface area (Å²) in [6.07, 6.45) is 6.53. The lowest BCUT2D eigenvalue weighted by Crippen LogP contribution is -2.49. The maximum absolute atomic E-state index is 12.8. The van der Waals surface area contributed by atoms with E-state index in [2.05, 4.69) is 5.32 Å². The Morgan fingerprint density at radius 2 is 1.67 bits per heavy atom. The first-order chi connectivity index (χ1) is 16.0. The van der Waals surface area contributed by atoms with Crippen molar-refractivity contribution in [2.45, 2.75) is 31.7 Å². The molecule has 2 bridgehead atoms. The number of carbonyl (C=O) groups is 4. The van der Waals surface area contributed by atoms with Crippen molar-refractivity contribution in [2.24, 2.45) is 23.7 Å². The number of methoxy groups -OCH3 is 1. The monoisotopic (exact) mass is 451 g/mol. The molecule has 2 heterocycles. The number of nitrogens with one attached hydrogen (secondary N) is 1. The Morgan fingerprint density at radius 3 is 2.30 bits per heavy atom. The normalized spacial score (nSPS) is 28.4. The van der Waals surface area contributed by atoms with E-state index < -0.39 is 0 Å². The number of piperidine rings is 1. The summed E-state index contributed by atoms with van der Waals surface area (Å²) in [6.45, 7) is 0.899. The highest BCUT2D eigenvalue weighted by atomic mass is 16.5. The number of hydrogen-bond donors (Lipinski definition) is 1. The van der Waals surface area contributed by atoms with Crippen LogP contribution in [0.25, 0.3) is 0 Å². The number of para-hydroxylation sites is 1. The molecule has 4 unspecified atom stereocenters. The van der Waals surface area contributed by atoms with Gasteiger partial charge in [0.2, 0.25) is 23.6 Å². The SMILES string of the molecule is COc1ccccc1CC(=O)N1CCC(NC(=O)CN2C(=O)C3C4C=CC(C4)C3C2=O)CC1. The van der Waals surface area contributed by atoms with E-state index in [1.807, 2.05) is 41.3 Å². The summed E-state index contributed by atoms with van der Waals surface area (Å²) in [4.78, 5) is 53.8. The Hall–Kier alpha value is -3.16. The molecular formula is C25H29N3O5. The summed E-state index contributed by atoms with van der Waals surface area (Å²) in [5, 5.41) is 2.96. The smallest absolute Gasteiger partial charge is 0.240 e. The molecule has 2 aliphatic carbocycles. The molecule has 33 heavy (non-hydrogen) atoms. The van der Waals surface area contributed by atoms with Gasteiger partial charge in [0.1, 0.15) is 12.3 Å². The lowest BCUT2D eigenvalue weighted by atomic mass is 9.85. The Bertz CT molecular complexity index is 983. The van der Waals surface area contributed by atoms with E-state index in [1.54, 1.807) is 7.11 Å². The number of benzene rings is 1. The number of rotatable bonds is 6. The lowest BCUT2D eigenvalue weighted by molar-refractivity contribution is -0.144. The van der Waals surface area contributed by atoms with Crippen molar-refractivity contribution in [3.8, 4) is 5.75 Å². The Labute approximate surface area is 192 Å². The third-order valence-electron chi connectivity index (χ3n) is 7.61. The van der Waals surface area contributed by atoms with Crippen molar-refractivity contribution in [3.63, 3.8) is 0 Å². The first-order valence-corrected chi connectivity index (χ1v) is 11.7. The van der Waals surface area contributed by atoms with Crippen LogP contribution in [0.2, 0.25) is 0 Å². The third-order valence-corrected chi connectivity index (χ3v) is 7.61. The van der Waals surface area contributed by atoms with Crippen LogP contribution in [0.1, 0.15) is 24.8 Å². The Kier molecular flexibility index (Phi) is 5.68. The van der Waals surface area contributed by atoms with Crippen LogP contribution in [0.4, 0.5) is 0 Å². The molecular weight excluding hydrogens is 422 g/mol. The van der Waals surface area contributed by atoms with Crippen molar-refractivity contribution in [3.05, 3.63) is 42.0 Å². The molecule has 2 aliphatic heterocycles. The van der Waals surface area contributed by atoms with E-state index in [0.29, 0.717) is 31.7 Å². The summed E-state index contributed by atoms with van der Waals surface area (Å²) in [5.74, 6) is -0.252. The average Bonchev–Trinajstić information content (AvgIpc) is 3.50. The van der Waals surface area contributed by atoms with Gasteiger partial charge in [-0.2, -0.15) is 0 Å². The third kappa shape index (κ3) is 3.92. The van der Waals surface area contributed by atoms with Gasteiger partial charge in [-0.25, -0.2) is 0 Å². The van der Waals surface area contributed by atoms with Gasteiger partial charge in [-0.3, -0.25) is 24.1 Å². The maximum Gasteiger partial charge on any atom is 0.240 e. The fraction of sp³-hybridized carbons (Fsp3) is 0.520. The second-order valence-corrected chi connectivity index (χ2v) is 9.47. The first kappa shape index (κ1) is 21.7. The van der Waals surface area contributed by atoms with E-state index in [0.717, 1.165) is 16.9 Å². The van der Waals surface area contributed by atoms with Crippen LogP contribution in [0, 0.1) is 23.7 Å². The van der Waals surface area contributed by atoms with Gasteiger partial charge in [0.25, 0.3) is 0 Å². The van der Waals surface area contributed by atoms with E-state index >= 15 is 0 Å². The van der Waals surface area contributed by atoms with Crippen LogP contribution in [0.3, 0.4) is 0 Å². The minimum absolute atomic E-state index is 0.0346. The number of ether oxygens (including phenoxy) is 1. The molecule has 5 rings (SSSR count). The summed E-state index contributed by atoms with van der Waals surface area (Å²) in [7, 11) is 1.59. The van der Waals surface area contributed by atoms with Crippen molar-refractivity contribution >= 4 is 23.6 Å². The first-order valence-electron chi connectivity index (χ1n) is 11.7. The molecule has 1 aromatic carbocycles. The number of likely N-dealkylation sites (tertiary alicyclic amines) is 2. The minimum atomic E-state index is -0.309. The summed E-state index contributed by atoms with van der Waals surface area (Å²) >= 11 is 0. The summed E-state index contributed by atoms with van der Waals surface area (Å²) in [5.41, 5.74) is 0.855. The molecule has 3 fully saturated rings. The van der Waals surface area contributed by atoms with Crippen LogP contribution >= 0.6 is 0 Å². The number of carbonyl (C=O) groups excluding carboxylic acids is 4. The van der Waals surface area contributed by atoms with E-state index in [1.165, 1.54) is 0 Å². The quantitative estimate of drug-likeness (QED) is 0.517. The highest BCUT2D eigenvalue weighted by Gasteiger charge is 2.59. The highest BCUT2D eigenvalue weighted by Crippen LogP contribution is 2.52. The molecule has 8 nitrogen and oxygen atoms in total. The molecule has 4 atom stereocenters. The minimum Gasteiger partial charge on any atom is -0.496 e. The molecule has 4 amide bonds. The largest absolute Gasteiger partial charge is 0.496 e. The summed E-state index contributed by atoms with van der Waals surface area (Å²) in [6, 6.07) is 7.42. The predicted molar refractivity (Wildman–Crippen MR) is 119 cm³/mol. The fourth-order valence-corrected chi connectivity index (χ4v) is 5.93. The molecule has 1 saturated carbocycles. The number of nitrogens with zero attached hydrogens (tertiary/aromatic N) is 2. The van der Waals surface area contributed by atoms with E-state index in [9.17, 15) is 19.2 Å². The standard InChI is InChI=1S/C25H29N3O5/c1-33-19-5-3-2-4-15(19)13-21(30)27-10-8-18(9-11-27)26-20(29)14-28-24(31)22-16-6-7-17(12-16)23(22)25(28)32/h2-7,16-18,22-23H,8-14H2,1H3,(H,26,29). The molecule has 1 N–H and O–H groups in total. The molecule has 174 valence electrons. The zero-order chi connectivity index (χ0) is 23.1. The van der Waals surface area contributed by atoms with Crippen molar-refractivity contribution in [2.75, 3.05) is 26.7 Å². The van der Waals surface area contributed by atoms with Gasteiger partial charge >= 0.3 is 0 Å². The highest BCUT2D eigenvalue weighted by molar-refractivity contribution is 6.08. The zero-order valence-corrected chi connectivity index (χ0v) is 18.7. The molecule has 0 aromatic heterocycles. The molecule has 1 aromatic rings. The van der Waals surface area contributed by atoms with Gasteiger partial charge in [0, 0.05) is 24.7 Å². The van der Waals surface area contributed by atoms with Gasteiger partial charge in [-0.1, -0.05) is 30.4 Å². The van der Waals surface area contributed by atoms with Crippen LogP contribution in [-0.2, 0) is 25.6 Å². The van der Waals surface area contributed by atoms with Crippen molar-refractivity contribution in [1.29, 1.82) is 0 Å². The Morgan fingerprint density at radius 1 is 1.03 bits per heavy atom. The lowest BCUT2D eigenvalue weighted by Gasteiger charge is -2.33. The number of allylic oxidation sites excluding steroid dienone is 2. The predicted octanol–water partition coefficient (Wildman–Crippen LogP) is 1.15. The van der Waals surface area contributed by atoms with Gasteiger partial charge < -0.3 is 15.0 Å². The van der Waals surface area contributed by atoms with Crippen molar-refractivity contribution < 1.29 is 23.9 Å². The molecule has 2 saturated heterocycles. The van der Waals surface area contributed by atoms with Gasteiger partial charge in [-0.05, 0) is 37.2 Å². The van der Waals surface area contributed by atoms with E-state index in [-0.39, 0.29) is 66.3 Å². The Balaban J connectivity index is 1.10. The van der Waals surface area contributed by atoms with E-state index in [4.69, 9.17) is 4.74 Å². The van der Waals surface area contributed by atoms with Crippen LogP contribution in [-0.4, -0.2) is 66.2 Å². The van der Waals surface area contributed by atoms with Gasteiger partial charge in [-0.15, -0.1) is 0 Å². The van der Waals surface area contributed by atoms with Crippen LogP contribution < -0.4 is 10.1 Å². The number of fused-ring (bicyclic) bond motifs is 5. The number of amides is 4. The second-order valence-electron chi connectivity index (χ2n) is 9.47.